The highest BCUT2D eigenvalue weighted by atomic mass is 14.9. The number of anilines is 1. The highest BCUT2D eigenvalue weighted by Gasteiger charge is 2.18. The zero-order valence-electron chi connectivity index (χ0n) is 12.0. The molecule has 0 spiro atoms. The number of nitrogens with zero attached hydrogens (tertiary/aromatic N) is 2. The highest BCUT2D eigenvalue weighted by Crippen LogP contribution is 2.26. The van der Waals surface area contributed by atoms with Crippen LogP contribution in [0.15, 0.2) is 19.0 Å². The van der Waals surface area contributed by atoms with Crippen molar-refractivity contribution in [3.63, 3.8) is 0 Å². The van der Waals surface area contributed by atoms with Crippen LogP contribution in [0.2, 0.25) is 0 Å². The molecular weight excluding hydrogens is 222 g/mol. The Kier molecular flexibility index (Phi) is 5.32. The fourth-order valence-electron chi connectivity index (χ4n) is 2.26. The molecule has 2 unspecified atom stereocenters. The topological polar surface area (TPSA) is 51.8 Å². The van der Waals surface area contributed by atoms with Crippen molar-refractivity contribution in [1.82, 2.24) is 9.97 Å². The molecule has 0 bridgehead atoms. The molecule has 0 aliphatic heterocycles. The minimum atomic E-state index is 0.501. The first-order valence-corrected chi connectivity index (χ1v) is 6.64. The molecule has 18 heavy (non-hydrogen) atoms. The molecule has 0 radical (unpaired) electrons. The normalized spacial score (nSPS) is 14.5. The van der Waals surface area contributed by atoms with Crippen LogP contribution >= 0.6 is 0 Å². The molecule has 1 heterocycles. The number of hydrogen-bond donors (Lipinski definition) is 1. The molecule has 2 atom stereocenters. The summed E-state index contributed by atoms with van der Waals surface area (Å²) in [6.45, 7) is 12.6. The lowest BCUT2D eigenvalue weighted by atomic mass is 9.84. The first-order chi connectivity index (χ1) is 8.45. The molecule has 1 rings (SSSR count). The number of nitrogens with two attached hydrogens (primary N) is 1. The van der Waals surface area contributed by atoms with Crippen molar-refractivity contribution in [3.05, 3.63) is 30.4 Å². The first-order valence-electron chi connectivity index (χ1n) is 6.64. The van der Waals surface area contributed by atoms with E-state index in [0.717, 1.165) is 29.9 Å². The van der Waals surface area contributed by atoms with Gasteiger partial charge in [-0.1, -0.05) is 26.8 Å². The van der Waals surface area contributed by atoms with Gasteiger partial charge in [-0.05, 0) is 37.5 Å². The number of hydrogen-bond acceptors (Lipinski definition) is 3. The average Bonchev–Trinajstić information content (AvgIpc) is 2.31. The van der Waals surface area contributed by atoms with Crippen molar-refractivity contribution in [2.24, 2.45) is 17.8 Å². The third-order valence-corrected chi connectivity index (χ3v) is 3.46. The Hall–Kier alpha value is -1.38. The quantitative estimate of drug-likeness (QED) is 0.784. The number of allylic oxidation sites excluding steroid dienone is 1. The van der Waals surface area contributed by atoms with Gasteiger partial charge in [-0.15, -0.1) is 6.58 Å². The van der Waals surface area contributed by atoms with Crippen molar-refractivity contribution in [2.45, 2.75) is 40.5 Å². The van der Waals surface area contributed by atoms with E-state index < -0.39 is 0 Å². The number of nitrogen functional groups attached to an aromatic ring is 1. The van der Waals surface area contributed by atoms with Crippen LogP contribution in [0.5, 0.6) is 0 Å². The third kappa shape index (κ3) is 3.83. The van der Waals surface area contributed by atoms with Crippen LogP contribution in [0.4, 0.5) is 5.69 Å². The Balaban J connectivity index is 2.76. The van der Waals surface area contributed by atoms with Gasteiger partial charge in [0.05, 0.1) is 17.1 Å². The highest BCUT2D eigenvalue weighted by molar-refractivity contribution is 5.46. The lowest BCUT2D eigenvalue weighted by Gasteiger charge is -2.22. The third-order valence-electron chi connectivity index (χ3n) is 3.46. The molecule has 1 aromatic rings. The van der Waals surface area contributed by atoms with Gasteiger partial charge in [0.25, 0.3) is 0 Å². The van der Waals surface area contributed by atoms with E-state index in [4.69, 9.17) is 5.73 Å². The van der Waals surface area contributed by atoms with Crippen LogP contribution in [-0.4, -0.2) is 9.97 Å². The van der Waals surface area contributed by atoms with E-state index in [1.54, 1.807) is 6.33 Å². The molecule has 3 nitrogen and oxygen atoms in total. The van der Waals surface area contributed by atoms with Crippen molar-refractivity contribution in [1.29, 1.82) is 0 Å². The summed E-state index contributed by atoms with van der Waals surface area (Å²) in [5.74, 6) is 1.70. The van der Waals surface area contributed by atoms with Gasteiger partial charge in [-0.25, -0.2) is 9.97 Å². The number of aromatic nitrogens is 2. The van der Waals surface area contributed by atoms with Crippen LogP contribution in [0, 0.1) is 24.7 Å². The van der Waals surface area contributed by atoms with Crippen LogP contribution in [0.3, 0.4) is 0 Å². The van der Waals surface area contributed by atoms with E-state index in [0.29, 0.717) is 17.8 Å². The molecule has 0 saturated heterocycles. The summed E-state index contributed by atoms with van der Waals surface area (Å²) < 4.78 is 0. The van der Waals surface area contributed by atoms with E-state index in [2.05, 4.69) is 43.4 Å². The second kappa shape index (κ2) is 6.53. The van der Waals surface area contributed by atoms with Gasteiger partial charge in [-0.2, -0.15) is 0 Å². The maximum Gasteiger partial charge on any atom is 0.116 e. The van der Waals surface area contributed by atoms with Crippen molar-refractivity contribution in [3.8, 4) is 0 Å². The van der Waals surface area contributed by atoms with E-state index in [-0.39, 0.29) is 0 Å². The molecule has 0 aromatic carbocycles. The maximum atomic E-state index is 6.02. The summed E-state index contributed by atoms with van der Waals surface area (Å²) in [6.07, 6.45) is 5.71. The van der Waals surface area contributed by atoms with Crippen molar-refractivity contribution >= 4 is 5.69 Å². The van der Waals surface area contributed by atoms with Gasteiger partial charge in [0, 0.05) is 0 Å². The van der Waals surface area contributed by atoms with E-state index in [1.165, 1.54) is 0 Å². The first kappa shape index (κ1) is 14.7. The minimum absolute atomic E-state index is 0.501. The molecule has 3 heteroatoms. The minimum Gasteiger partial charge on any atom is -0.396 e. The van der Waals surface area contributed by atoms with Crippen LogP contribution < -0.4 is 5.73 Å². The van der Waals surface area contributed by atoms with Crippen molar-refractivity contribution in [2.75, 3.05) is 5.73 Å². The zero-order valence-corrected chi connectivity index (χ0v) is 12.0. The van der Waals surface area contributed by atoms with Crippen LogP contribution in [0.25, 0.3) is 0 Å². The Bertz CT molecular complexity index is 399. The Morgan fingerprint density at radius 3 is 2.56 bits per heavy atom. The Labute approximate surface area is 111 Å². The zero-order chi connectivity index (χ0) is 13.7. The van der Waals surface area contributed by atoms with Gasteiger partial charge in [0.2, 0.25) is 0 Å². The molecule has 2 N–H and O–H groups in total. The van der Waals surface area contributed by atoms with Gasteiger partial charge >= 0.3 is 0 Å². The lowest BCUT2D eigenvalue weighted by molar-refractivity contribution is 0.355. The van der Waals surface area contributed by atoms with Crippen LogP contribution in [-0.2, 0) is 6.42 Å². The maximum absolute atomic E-state index is 6.02. The van der Waals surface area contributed by atoms with E-state index in [1.807, 2.05) is 6.92 Å². The molecule has 0 aliphatic rings. The standard InChI is InChI=1S/C15H25N3/c1-6-13(7-10(2)3)11(4)8-14-15(16)12(5)17-9-18-14/h6,9-11,13H,1,7-8,16H2,2-5H3. The molecule has 100 valence electrons. The second-order valence-electron chi connectivity index (χ2n) is 5.53. The van der Waals surface area contributed by atoms with Gasteiger partial charge in [-0.3, -0.25) is 0 Å². The summed E-state index contributed by atoms with van der Waals surface area (Å²) in [6, 6.07) is 0. The fraction of sp³-hybridized carbons (Fsp3) is 0.600. The van der Waals surface area contributed by atoms with Gasteiger partial charge in [0.15, 0.2) is 0 Å². The fourth-order valence-corrected chi connectivity index (χ4v) is 2.26. The molecule has 0 saturated carbocycles. The summed E-state index contributed by atoms with van der Waals surface area (Å²) in [4.78, 5) is 8.41. The predicted molar refractivity (Wildman–Crippen MR) is 77.2 cm³/mol. The summed E-state index contributed by atoms with van der Waals surface area (Å²) in [5.41, 5.74) is 8.59. The Morgan fingerprint density at radius 2 is 2.00 bits per heavy atom. The lowest BCUT2D eigenvalue weighted by Crippen LogP contribution is -2.16. The molecule has 0 amide bonds. The number of aryl methyl sites for hydroxylation is 1. The molecule has 0 aliphatic carbocycles. The van der Waals surface area contributed by atoms with Gasteiger partial charge < -0.3 is 5.73 Å². The van der Waals surface area contributed by atoms with Crippen LogP contribution in [0.1, 0.15) is 38.6 Å². The molecule has 0 fully saturated rings. The summed E-state index contributed by atoms with van der Waals surface area (Å²) in [5, 5.41) is 0. The summed E-state index contributed by atoms with van der Waals surface area (Å²) in [7, 11) is 0. The number of rotatable bonds is 6. The van der Waals surface area contributed by atoms with Gasteiger partial charge in [0.1, 0.15) is 6.33 Å². The SMILES string of the molecule is C=CC(CC(C)C)C(C)Cc1ncnc(C)c1N. The van der Waals surface area contributed by atoms with Crippen molar-refractivity contribution < 1.29 is 0 Å². The van der Waals surface area contributed by atoms with E-state index >= 15 is 0 Å². The second-order valence-corrected chi connectivity index (χ2v) is 5.53. The molecule has 1 aromatic heterocycles. The molecular formula is C15H25N3. The largest absolute Gasteiger partial charge is 0.396 e. The monoisotopic (exact) mass is 247 g/mol. The van der Waals surface area contributed by atoms with E-state index in [9.17, 15) is 0 Å². The average molecular weight is 247 g/mol. The summed E-state index contributed by atoms with van der Waals surface area (Å²) >= 11 is 0. The predicted octanol–water partition coefficient (Wildman–Crippen LogP) is 3.39. The smallest absolute Gasteiger partial charge is 0.116 e. The Morgan fingerprint density at radius 1 is 1.33 bits per heavy atom.